The standard InChI is InChI=1S/C26H15ClN2/c27-26-28-24-19-10-4-1-7-16(19)13-14-22(24)25(29-26)23-15-17-8-2-3-9-18(17)20-11-5-6-12-21(20)23/h1-15H. The molecule has 0 radical (unpaired) electrons. The van der Waals surface area contributed by atoms with Crippen molar-refractivity contribution in [1.29, 1.82) is 0 Å². The van der Waals surface area contributed by atoms with Crippen molar-refractivity contribution in [3.8, 4) is 11.3 Å². The van der Waals surface area contributed by atoms with Crippen molar-refractivity contribution >= 4 is 54.8 Å². The number of hydrogen-bond donors (Lipinski definition) is 0. The lowest BCUT2D eigenvalue weighted by atomic mass is 9.93. The molecule has 5 aromatic carbocycles. The van der Waals surface area contributed by atoms with Gasteiger partial charge in [0.05, 0.1) is 11.2 Å². The summed E-state index contributed by atoms with van der Waals surface area (Å²) in [6.07, 6.45) is 0. The largest absolute Gasteiger partial charge is 0.223 e. The van der Waals surface area contributed by atoms with Crippen LogP contribution in [0.2, 0.25) is 5.28 Å². The van der Waals surface area contributed by atoms with Crippen molar-refractivity contribution in [3.05, 3.63) is 96.3 Å². The minimum Gasteiger partial charge on any atom is -0.217 e. The van der Waals surface area contributed by atoms with Gasteiger partial charge >= 0.3 is 0 Å². The molecular formula is C26H15ClN2. The van der Waals surface area contributed by atoms with Crippen molar-refractivity contribution in [2.24, 2.45) is 0 Å². The number of aromatic nitrogens is 2. The molecule has 0 bridgehead atoms. The van der Waals surface area contributed by atoms with Gasteiger partial charge in [0.25, 0.3) is 0 Å². The van der Waals surface area contributed by atoms with Crippen LogP contribution >= 0.6 is 11.6 Å². The van der Waals surface area contributed by atoms with Crippen LogP contribution in [0.3, 0.4) is 0 Å². The smallest absolute Gasteiger partial charge is 0.217 e. The van der Waals surface area contributed by atoms with Gasteiger partial charge in [-0.25, -0.2) is 9.97 Å². The van der Waals surface area contributed by atoms with Gasteiger partial charge in [0, 0.05) is 16.3 Å². The molecule has 3 heteroatoms. The highest BCUT2D eigenvalue weighted by atomic mass is 35.5. The Bertz CT molecular complexity index is 1570. The molecule has 0 fully saturated rings. The van der Waals surface area contributed by atoms with E-state index in [-0.39, 0.29) is 5.28 Å². The van der Waals surface area contributed by atoms with Crippen molar-refractivity contribution in [3.63, 3.8) is 0 Å². The lowest BCUT2D eigenvalue weighted by molar-refractivity contribution is 1.23. The average molecular weight is 391 g/mol. The summed E-state index contributed by atoms with van der Waals surface area (Å²) in [6, 6.07) is 31.6. The first-order valence-corrected chi connectivity index (χ1v) is 9.93. The molecule has 0 aliphatic heterocycles. The molecule has 0 aliphatic rings. The Morgan fingerprint density at radius 3 is 2.00 bits per heavy atom. The molecule has 0 amide bonds. The Balaban J connectivity index is 1.81. The third-order valence-corrected chi connectivity index (χ3v) is 5.76. The van der Waals surface area contributed by atoms with Crippen molar-refractivity contribution in [1.82, 2.24) is 9.97 Å². The Morgan fingerprint density at radius 2 is 1.17 bits per heavy atom. The van der Waals surface area contributed by atoms with E-state index < -0.39 is 0 Å². The molecule has 0 saturated heterocycles. The number of rotatable bonds is 1. The molecule has 0 atom stereocenters. The summed E-state index contributed by atoms with van der Waals surface area (Å²) < 4.78 is 0. The zero-order valence-electron chi connectivity index (χ0n) is 15.4. The third kappa shape index (κ3) is 2.50. The Hall–Kier alpha value is -3.49. The summed E-state index contributed by atoms with van der Waals surface area (Å²) in [7, 11) is 0. The summed E-state index contributed by atoms with van der Waals surface area (Å²) in [5.74, 6) is 0. The average Bonchev–Trinajstić information content (AvgIpc) is 2.78. The molecule has 0 aliphatic carbocycles. The van der Waals surface area contributed by atoms with Crippen LogP contribution in [0.5, 0.6) is 0 Å². The van der Waals surface area contributed by atoms with E-state index in [2.05, 4.69) is 88.8 Å². The highest BCUT2D eigenvalue weighted by Gasteiger charge is 2.15. The summed E-state index contributed by atoms with van der Waals surface area (Å²) in [4.78, 5) is 9.28. The number of benzene rings is 5. The Kier molecular flexibility index (Phi) is 3.56. The van der Waals surface area contributed by atoms with Crippen LogP contribution < -0.4 is 0 Å². The van der Waals surface area contributed by atoms with Gasteiger partial charge in [-0.3, -0.25) is 0 Å². The van der Waals surface area contributed by atoms with E-state index in [1.807, 2.05) is 12.1 Å². The van der Waals surface area contributed by atoms with E-state index >= 15 is 0 Å². The first kappa shape index (κ1) is 16.5. The molecule has 2 nitrogen and oxygen atoms in total. The van der Waals surface area contributed by atoms with E-state index in [9.17, 15) is 0 Å². The Morgan fingerprint density at radius 1 is 0.517 bits per heavy atom. The van der Waals surface area contributed by atoms with Gasteiger partial charge in [-0.05, 0) is 50.7 Å². The van der Waals surface area contributed by atoms with Crippen molar-refractivity contribution in [2.45, 2.75) is 0 Å². The van der Waals surface area contributed by atoms with Crippen LogP contribution in [0.25, 0.3) is 54.5 Å². The van der Waals surface area contributed by atoms with Crippen LogP contribution in [0.4, 0.5) is 0 Å². The fourth-order valence-corrected chi connectivity index (χ4v) is 4.46. The van der Waals surface area contributed by atoms with Gasteiger partial charge in [-0.1, -0.05) is 78.9 Å². The zero-order chi connectivity index (χ0) is 19.4. The fraction of sp³-hybridized carbons (Fsp3) is 0. The predicted octanol–water partition coefficient (Wildman–Crippen LogP) is 7.41. The molecule has 1 heterocycles. The van der Waals surface area contributed by atoms with E-state index in [1.54, 1.807) is 0 Å². The normalized spacial score (nSPS) is 11.6. The minimum atomic E-state index is 0.265. The van der Waals surface area contributed by atoms with Crippen LogP contribution in [0.1, 0.15) is 0 Å². The molecule has 0 unspecified atom stereocenters. The predicted molar refractivity (Wildman–Crippen MR) is 123 cm³/mol. The van der Waals surface area contributed by atoms with Gasteiger partial charge in [-0.2, -0.15) is 0 Å². The van der Waals surface area contributed by atoms with Crippen molar-refractivity contribution in [2.75, 3.05) is 0 Å². The molecule has 29 heavy (non-hydrogen) atoms. The molecule has 6 rings (SSSR count). The second kappa shape index (κ2) is 6.26. The first-order chi connectivity index (χ1) is 14.3. The summed E-state index contributed by atoms with van der Waals surface area (Å²) in [5.41, 5.74) is 2.83. The van der Waals surface area contributed by atoms with Gasteiger partial charge in [-0.15, -0.1) is 0 Å². The molecule has 0 spiro atoms. The van der Waals surface area contributed by atoms with E-state index in [1.165, 1.54) is 16.2 Å². The highest BCUT2D eigenvalue weighted by molar-refractivity contribution is 6.29. The molecule has 0 N–H and O–H groups in total. The van der Waals surface area contributed by atoms with Gasteiger partial charge < -0.3 is 0 Å². The molecule has 1 aromatic heterocycles. The van der Waals surface area contributed by atoms with Crippen LogP contribution in [0, 0.1) is 0 Å². The van der Waals surface area contributed by atoms with Gasteiger partial charge in [0.2, 0.25) is 5.28 Å². The summed E-state index contributed by atoms with van der Waals surface area (Å²) in [6.45, 7) is 0. The van der Waals surface area contributed by atoms with Gasteiger partial charge in [0.1, 0.15) is 0 Å². The van der Waals surface area contributed by atoms with Crippen LogP contribution in [-0.2, 0) is 0 Å². The Labute approximate surface area is 172 Å². The maximum Gasteiger partial charge on any atom is 0.223 e. The second-order valence-corrected chi connectivity index (χ2v) is 7.55. The number of hydrogen-bond acceptors (Lipinski definition) is 2. The maximum atomic E-state index is 6.42. The first-order valence-electron chi connectivity index (χ1n) is 9.55. The monoisotopic (exact) mass is 390 g/mol. The highest BCUT2D eigenvalue weighted by Crippen LogP contribution is 2.38. The zero-order valence-corrected chi connectivity index (χ0v) is 16.2. The summed E-state index contributed by atoms with van der Waals surface area (Å²) >= 11 is 6.42. The third-order valence-electron chi connectivity index (χ3n) is 5.59. The number of halogens is 1. The minimum absolute atomic E-state index is 0.265. The number of fused-ring (bicyclic) bond motifs is 6. The van der Waals surface area contributed by atoms with E-state index in [0.29, 0.717) is 0 Å². The van der Waals surface area contributed by atoms with Gasteiger partial charge in [0.15, 0.2) is 0 Å². The topological polar surface area (TPSA) is 25.8 Å². The number of nitrogens with zero attached hydrogens (tertiary/aromatic N) is 2. The van der Waals surface area contributed by atoms with E-state index in [0.717, 1.165) is 38.3 Å². The SMILES string of the molecule is Clc1nc(-c2cc3ccccc3c3ccccc23)c2ccc3ccccc3c2n1. The maximum absolute atomic E-state index is 6.42. The molecular weight excluding hydrogens is 376 g/mol. The quantitative estimate of drug-likeness (QED) is 0.216. The van der Waals surface area contributed by atoms with Crippen molar-refractivity contribution < 1.29 is 0 Å². The molecule has 0 saturated carbocycles. The lowest BCUT2D eigenvalue weighted by Crippen LogP contribution is -1.94. The van der Waals surface area contributed by atoms with Crippen LogP contribution in [-0.4, -0.2) is 9.97 Å². The van der Waals surface area contributed by atoms with E-state index in [4.69, 9.17) is 11.6 Å². The lowest BCUT2D eigenvalue weighted by Gasteiger charge is -2.13. The second-order valence-electron chi connectivity index (χ2n) is 7.21. The molecule has 6 aromatic rings. The van der Waals surface area contributed by atoms with Crippen LogP contribution in [0.15, 0.2) is 91.0 Å². The molecule has 136 valence electrons. The fourth-order valence-electron chi connectivity index (χ4n) is 4.29. The summed E-state index contributed by atoms with van der Waals surface area (Å²) in [5, 5.41) is 8.30.